The molecule has 170 valence electrons. The van der Waals surface area contributed by atoms with E-state index in [2.05, 4.69) is 10.6 Å². The molecule has 2 atom stereocenters. The molecule has 1 aliphatic rings. The normalized spacial score (nSPS) is 16.5. The summed E-state index contributed by atoms with van der Waals surface area (Å²) in [5, 5.41) is 4.38. The van der Waals surface area contributed by atoms with Crippen LogP contribution in [0.3, 0.4) is 0 Å². The molecule has 0 unspecified atom stereocenters. The van der Waals surface area contributed by atoms with Crippen LogP contribution in [0.25, 0.3) is 0 Å². The van der Waals surface area contributed by atoms with Gasteiger partial charge < -0.3 is 15.4 Å². The van der Waals surface area contributed by atoms with Crippen molar-refractivity contribution in [1.29, 1.82) is 0 Å². The summed E-state index contributed by atoms with van der Waals surface area (Å²) < 4.78 is 43.4. The lowest BCUT2D eigenvalue weighted by Gasteiger charge is -2.25. The number of fused-ring (bicyclic) bond motifs is 1. The monoisotopic (exact) mass is 466 g/mol. The highest BCUT2D eigenvalue weighted by molar-refractivity contribution is 8.01. The Morgan fingerprint density at radius 1 is 1.19 bits per heavy atom. The van der Waals surface area contributed by atoms with Crippen molar-refractivity contribution in [3.05, 3.63) is 59.2 Å². The zero-order valence-corrected chi connectivity index (χ0v) is 18.1. The lowest BCUT2D eigenvalue weighted by Crippen LogP contribution is -2.37. The number of ether oxygens (including phenoxy) is 1. The smallest absolute Gasteiger partial charge is 0.416 e. The van der Waals surface area contributed by atoms with Gasteiger partial charge in [0.15, 0.2) is 0 Å². The largest absolute Gasteiger partial charge is 0.469 e. The number of hydrogen-bond donors (Lipinski definition) is 2. The molecule has 3 rings (SSSR count). The number of aryl methyl sites for hydroxylation is 1. The van der Waals surface area contributed by atoms with Crippen molar-refractivity contribution in [3.63, 3.8) is 0 Å². The Labute approximate surface area is 186 Å². The van der Waals surface area contributed by atoms with Crippen LogP contribution >= 0.6 is 11.8 Å². The number of alkyl halides is 3. The highest BCUT2D eigenvalue weighted by Gasteiger charge is 2.34. The summed E-state index contributed by atoms with van der Waals surface area (Å²) in [6.45, 7) is 1.91. The fourth-order valence-electron chi connectivity index (χ4n) is 3.18. The van der Waals surface area contributed by atoms with Crippen LogP contribution < -0.4 is 10.6 Å². The third kappa shape index (κ3) is 5.82. The van der Waals surface area contributed by atoms with E-state index in [0.29, 0.717) is 10.5 Å². The van der Waals surface area contributed by atoms with E-state index < -0.39 is 40.8 Å². The van der Waals surface area contributed by atoms with Crippen LogP contribution in [-0.2, 0) is 25.3 Å². The fraction of sp³-hybridized carbons (Fsp3) is 0.318. The molecule has 0 spiro atoms. The standard InChI is InChI=1S/C22H21F3N2O4S/c1-12-3-5-13(6-4-12)15(10-20(29)31-2)26-19(28)11-18-21(30)27-16-9-14(22(23,24)25)7-8-17(16)32-18/h3-9,15,18H,10-11H2,1-2H3,(H,26,28)(H,27,30)/t15-,18-/m1/s1. The van der Waals surface area contributed by atoms with Crippen molar-refractivity contribution in [2.24, 2.45) is 0 Å². The van der Waals surface area contributed by atoms with E-state index in [-0.39, 0.29) is 18.5 Å². The van der Waals surface area contributed by atoms with Gasteiger partial charge in [0.25, 0.3) is 0 Å². The van der Waals surface area contributed by atoms with Gasteiger partial charge in [-0.25, -0.2) is 0 Å². The van der Waals surface area contributed by atoms with Gasteiger partial charge in [-0.2, -0.15) is 13.2 Å². The maximum atomic E-state index is 12.9. The zero-order chi connectivity index (χ0) is 23.5. The molecule has 0 bridgehead atoms. The molecule has 0 fully saturated rings. The SMILES string of the molecule is COC(=O)C[C@@H](NC(=O)C[C@H]1Sc2ccc(C(F)(F)F)cc2NC1=O)c1ccc(C)cc1. The van der Waals surface area contributed by atoms with Crippen molar-refractivity contribution >= 4 is 35.2 Å². The first kappa shape index (κ1) is 23.6. The molecule has 6 nitrogen and oxygen atoms in total. The molecule has 0 saturated heterocycles. The molecule has 0 radical (unpaired) electrons. The molecule has 32 heavy (non-hydrogen) atoms. The Morgan fingerprint density at radius 2 is 1.88 bits per heavy atom. The van der Waals surface area contributed by atoms with Crippen molar-refractivity contribution < 1.29 is 32.3 Å². The number of methoxy groups -OCH3 is 1. The zero-order valence-electron chi connectivity index (χ0n) is 17.3. The van der Waals surface area contributed by atoms with Gasteiger partial charge in [-0.05, 0) is 30.7 Å². The van der Waals surface area contributed by atoms with Crippen molar-refractivity contribution in [2.75, 3.05) is 12.4 Å². The van der Waals surface area contributed by atoms with E-state index in [0.717, 1.165) is 29.5 Å². The Bertz CT molecular complexity index is 1020. The summed E-state index contributed by atoms with van der Waals surface area (Å²) in [5.41, 5.74) is 0.923. The van der Waals surface area contributed by atoms with Crippen LogP contribution in [0.4, 0.5) is 18.9 Å². The maximum absolute atomic E-state index is 12.9. The van der Waals surface area contributed by atoms with E-state index in [1.807, 2.05) is 19.1 Å². The number of nitrogens with one attached hydrogen (secondary N) is 2. The van der Waals surface area contributed by atoms with Crippen LogP contribution in [0.2, 0.25) is 0 Å². The number of anilines is 1. The van der Waals surface area contributed by atoms with E-state index in [9.17, 15) is 27.6 Å². The van der Waals surface area contributed by atoms with Crippen molar-refractivity contribution in [2.45, 2.75) is 42.1 Å². The second-order valence-electron chi connectivity index (χ2n) is 7.32. The first-order chi connectivity index (χ1) is 15.1. The van der Waals surface area contributed by atoms with Gasteiger partial charge in [-0.1, -0.05) is 29.8 Å². The summed E-state index contributed by atoms with van der Waals surface area (Å²) >= 11 is 1.02. The van der Waals surface area contributed by atoms with E-state index >= 15 is 0 Å². The lowest BCUT2D eigenvalue weighted by atomic mass is 10.0. The van der Waals surface area contributed by atoms with E-state index in [1.165, 1.54) is 13.2 Å². The van der Waals surface area contributed by atoms with Crippen LogP contribution in [-0.4, -0.2) is 30.1 Å². The van der Waals surface area contributed by atoms with Crippen LogP contribution in [0.15, 0.2) is 47.4 Å². The first-order valence-corrected chi connectivity index (χ1v) is 10.6. The fourth-order valence-corrected chi connectivity index (χ4v) is 4.27. The van der Waals surface area contributed by atoms with Gasteiger partial charge in [0, 0.05) is 11.3 Å². The highest BCUT2D eigenvalue weighted by Crippen LogP contribution is 2.40. The lowest BCUT2D eigenvalue weighted by molar-refractivity contribution is -0.141. The second kappa shape index (κ2) is 9.64. The summed E-state index contributed by atoms with van der Waals surface area (Å²) in [6, 6.07) is 9.72. The first-order valence-electron chi connectivity index (χ1n) is 9.68. The average molecular weight is 466 g/mol. The van der Waals surface area contributed by atoms with Gasteiger partial charge in [-0.15, -0.1) is 11.8 Å². The number of carbonyl (C=O) groups excluding carboxylic acids is 3. The molecule has 2 aromatic carbocycles. The van der Waals surface area contributed by atoms with Gasteiger partial charge in [0.05, 0.1) is 36.1 Å². The number of thioether (sulfide) groups is 1. The molecule has 1 heterocycles. The molecule has 10 heteroatoms. The molecule has 0 aliphatic carbocycles. The summed E-state index contributed by atoms with van der Waals surface area (Å²) in [5.74, 6) is -1.53. The minimum atomic E-state index is -4.52. The van der Waals surface area contributed by atoms with Crippen molar-refractivity contribution in [3.8, 4) is 0 Å². The Balaban J connectivity index is 1.70. The molecule has 2 aromatic rings. The number of amides is 2. The summed E-state index contributed by atoms with van der Waals surface area (Å²) in [7, 11) is 1.25. The predicted octanol–water partition coefficient (Wildman–Crippen LogP) is 4.24. The maximum Gasteiger partial charge on any atom is 0.416 e. The molecule has 0 aromatic heterocycles. The van der Waals surface area contributed by atoms with Gasteiger partial charge >= 0.3 is 12.1 Å². The third-order valence-electron chi connectivity index (χ3n) is 4.91. The Hall–Kier alpha value is -3.01. The average Bonchev–Trinajstić information content (AvgIpc) is 2.73. The predicted molar refractivity (Wildman–Crippen MR) is 113 cm³/mol. The Kier molecular flexibility index (Phi) is 7.12. The van der Waals surface area contributed by atoms with Crippen LogP contribution in [0.5, 0.6) is 0 Å². The molecule has 1 aliphatic heterocycles. The van der Waals surface area contributed by atoms with E-state index in [1.54, 1.807) is 12.1 Å². The highest BCUT2D eigenvalue weighted by atomic mass is 32.2. The summed E-state index contributed by atoms with van der Waals surface area (Å²) in [4.78, 5) is 37.3. The number of carbonyl (C=O) groups is 3. The number of esters is 1. The minimum absolute atomic E-state index is 0.0645. The number of halogens is 3. The van der Waals surface area contributed by atoms with E-state index in [4.69, 9.17) is 4.74 Å². The molecular formula is C22H21F3N2O4S. The molecule has 0 saturated carbocycles. The number of hydrogen-bond acceptors (Lipinski definition) is 5. The van der Waals surface area contributed by atoms with Crippen molar-refractivity contribution in [1.82, 2.24) is 5.32 Å². The molecule has 2 amide bonds. The van der Waals surface area contributed by atoms with Crippen LogP contribution in [0.1, 0.15) is 35.6 Å². The topological polar surface area (TPSA) is 84.5 Å². The Morgan fingerprint density at radius 3 is 2.50 bits per heavy atom. The van der Waals surface area contributed by atoms with Gasteiger partial charge in [0.2, 0.25) is 11.8 Å². The van der Waals surface area contributed by atoms with Crippen LogP contribution in [0, 0.1) is 6.92 Å². The second-order valence-corrected chi connectivity index (χ2v) is 8.56. The number of benzene rings is 2. The molecular weight excluding hydrogens is 445 g/mol. The van der Waals surface area contributed by atoms with Gasteiger partial charge in [0.1, 0.15) is 0 Å². The minimum Gasteiger partial charge on any atom is -0.469 e. The summed E-state index contributed by atoms with van der Waals surface area (Å²) in [6.07, 6.45) is -4.81. The molecule has 2 N–H and O–H groups in total. The van der Waals surface area contributed by atoms with Gasteiger partial charge in [-0.3, -0.25) is 14.4 Å². The third-order valence-corrected chi connectivity index (χ3v) is 6.19. The number of rotatable bonds is 6. The quantitative estimate of drug-likeness (QED) is 0.623.